The number of fused-ring (bicyclic) bond motifs is 1. The Balaban J connectivity index is 1.22. The van der Waals surface area contributed by atoms with Gasteiger partial charge in [-0.3, -0.25) is 9.48 Å². The Morgan fingerprint density at radius 1 is 1.00 bits per heavy atom. The minimum atomic E-state index is -0.131. The molecule has 1 aliphatic heterocycles. The molecule has 5 heterocycles. The highest BCUT2D eigenvalue weighted by Crippen LogP contribution is 2.33. The average Bonchev–Trinajstić information content (AvgIpc) is 3.59. The number of hydrogen-bond acceptors (Lipinski definition) is 8. The van der Waals surface area contributed by atoms with Crippen LogP contribution in [0.5, 0.6) is 5.75 Å². The third kappa shape index (κ3) is 4.33. The molecule has 4 aromatic heterocycles. The first kappa shape index (κ1) is 22.6. The first-order chi connectivity index (χ1) is 18.1. The fraction of sp³-hybridized carbons (Fsp3) is 0.185. The van der Waals surface area contributed by atoms with Crippen molar-refractivity contribution in [2.45, 2.75) is 18.4 Å². The van der Waals surface area contributed by atoms with E-state index in [9.17, 15) is 4.79 Å². The van der Waals surface area contributed by atoms with Crippen LogP contribution in [0.25, 0.3) is 16.6 Å². The lowest BCUT2D eigenvalue weighted by molar-refractivity contribution is 0.103. The molecule has 0 saturated heterocycles. The molecule has 2 atom stereocenters. The Morgan fingerprint density at radius 3 is 2.54 bits per heavy atom. The molecular weight excluding hydrogens is 468 g/mol. The minimum absolute atomic E-state index is 0.0286. The third-order valence-corrected chi connectivity index (χ3v) is 6.54. The van der Waals surface area contributed by atoms with Gasteiger partial charge in [-0.05, 0) is 43.0 Å². The number of rotatable bonds is 6. The van der Waals surface area contributed by atoms with Gasteiger partial charge in [-0.25, -0.2) is 19.5 Å². The predicted molar refractivity (Wildman–Crippen MR) is 136 cm³/mol. The highest BCUT2D eigenvalue weighted by atomic mass is 16.5. The zero-order valence-corrected chi connectivity index (χ0v) is 20.3. The Labute approximate surface area is 212 Å². The number of nitrogens with one attached hydrogen (secondary N) is 1. The van der Waals surface area contributed by atoms with Crippen molar-refractivity contribution in [3.8, 4) is 16.9 Å². The summed E-state index contributed by atoms with van der Waals surface area (Å²) in [7, 11) is 3.49. The van der Waals surface area contributed by atoms with Gasteiger partial charge < -0.3 is 10.1 Å². The van der Waals surface area contributed by atoms with Crippen molar-refractivity contribution >= 4 is 11.3 Å². The van der Waals surface area contributed by atoms with Crippen molar-refractivity contribution in [1.82, 2.24) is 39.7 Å². The van der Waals surface area contributed by atoms with Crippen molar-refractivity contribution < 1.29 is 9.53 Å². The van der Waals surface area contributed by atoms with E-state index in [1.54, 1.807) is 54.8 Å². The van der Waals surface area contributed by atoms with E-state index in [4.69, 9.17) is 4.74 Å². The van der Waals surface area contributed by atoms with E-state index in [1.165, 1.54) is 0 Å². The zero-order valence-electron chi connectivity index (χ0n) is 20.3. The summed E-state index contributed by atoms with van der Waals surface area (Å²) in [6, 6.07) is 9.02. The second-order valence-electron chi connectivity index (χ2n) is 8.91. The first-order valence-electron chi connectivity index (χ1n) is 11.8. The summed E-state index contributed by atoms with van der Waals surface area (Å²) in [4.78, 5) is 26.5. The molecule has 6 rings (SSSR count). The van der Waals surface area contributed by atoms with Gasteiger partial charge in [-0.15, -0.1) is 0 Å². The Kier molecular flexibility index (Phi) is 5.68. The quantitative estimate of drug-likeness (QED) is 0.359. The van der Waals surface area contributed by atoms with Gasteiger partial charge in [-0.1, -0.05) is 6.08 Å². The van der Waals surface area contributed by atoms with Crippen LogP contribution in [-0.2, 0) is 7.05 Å². The van der Waals surface area contributed by atoms with Crippen LogP contribution in [0.4, 0.5) is 0 Å². The van der Waals surface area contributed by atoms with Crippen molar-refractivity contribution in [3.05, 3.63) is 103 Å². The summed E-state index contributed by atoms with van der Waals surface area (Å²) in [6.07, 6.45) is 15.2. The van der Waals surface area contributed by atoms with E-state index in [1.807, 2.05) is 42.4 Å². The average molecular weight is 493 g/mol. The van der Waals surface area contributed by atoms with E-state index in [0.29, 0.717) is 29.1 Å². The van der Waals surface area contributed by atoms with Gasteiger partial charge >= 0.3 is 0 Å². The number of aryl methyl sites for hydroxylation is 1. The van der Waals surface area contributed by atoms with Gasteiger partial charge in [0, 0.05) is 54.4 Å². The molecular formula is C27H24N8O2. The normalized spacial score (nSPS) is 17.0. The second-order valence-corrected chi connectivity index (χ2v) is 8.91. The number of methoxy groups -OCH3 is 1. The summed E-state index contributed by atoms with van der Waals surface area (Å²) in [5, 5.41) is 12.1. The fourth-order valence-electron chi connectivity index (χ4n) is 4.57. The molecule has 0 aliphatic carbocycles. The van der Waals surface area contributed by atoms with E-state index >= 15 is 0 Å². The number of carbonyl (C=O) groups excluding carboxylic acids is 1. The minimum Gasteiger partial charge on any atom is -0.497 e. The molecule has 0 spiro atoms. The molecule has 2 unspecified atom stereocenters. The summed E-state index contributed by atoms with van der Waals surface area (Å²) in [5.41, 5.74) is 4.87. The molecule has 0 saturated carbocycles. The fourth-order valence-corrected chi connectivity index (χ4v) is 4.57. The van der Waals surface area contributed by atoms with E-state index in [-0.39, 0.29) is 17.7 Å². The number of ether oxygens (including phenoxy) is 1. The van der Waals surface area contributed by atoms with E-state index in [0.717, 1.165) is 22.3 Å². The monoisotopic (exact) mass is 492 g/mol. The molecule has 0 fully saturated rings. The highest BCUT2D eigenvalue weighted by molar-refractivity contribution is 6.08. The number of carbonyl (C=O) groups is 1. The summed E-state index contributed by atoms with van der Waals surface area (Å²) in [5.74, 6) is 1.20. The number of allylic oxidation sites excluding steroid dienone is 1. The van der Waals surface area contributed by atoms with Crippen molar-refractivity contribution in [3.63, 3.8) is 0 Å². The molecule has 0 radical (unpaired) electrons. The number of benzene rings is 1. The lowest BCUT2D eigenvalue weighted by Crippen LogP contribution is -2.24. The first-order valence-corrected chi connectivity index (χ1v) is 11.8. The number of nitrogens with zero attached hydrogens (tertiary/aromatic N) is 7. The molecule has 1 aromatic carbocycles. The van der Waals surface area contributed by atoms with Crippen LogP contribution in [0.3, 0.4) is 0 Å². The Hall–Kier alpha value is -4.86. The van der Waals surface area contributed by atoms with Crippen molar-refractivity contribution in [2.75, 3.05) is 7.11 Å². The molecule has 0 amide bonds. The van der Waals surface area contributed by atoms with Gasteiger partial charge in [0.05, 0.1) is 36.1 Å². The highest BCUT2D eigenvalue weighted by Gasteiger charge is 2.26. The van der Waals surface area contributed by atoms with Gasteiger partial charge in [-0.2, -0.15) is 10.2 Å². The summed E-state index contributed by atoms with van der Waals surface area (Å²) < 4.78 is 8.78. The molecule has 184 valence electrons. The van der Waals surface area contributed by atoms with Gasteiger partial charge in [0.15, 0.2) is 5.78 Å². The maximum Gasteiger partial charge on any atom is 0.196 e. The topological polar surface area (TPSA) is 112 Å². The van der Waals surface area contributed by atoms with Gasteiger partial charge in [0.25, 0.3) is 0 Å². The van der Waals surface area contributed by atoms with E-state index in [2.05, 4.69) is 36.5 Å². The van der Waals surface area contributed by atoms with Crippen LogP contribution < -0.4 is 10.1 Å². The molecule has 10 heteroatoms. The zero-order chi connectivity index (χ0) is 25.4. The smallest absolute Gasteiger partial charge is 0.196 e. The largest absolute Gasteiger partial charge is 0.497 e. The second kappa shape index (κ2) is 9.30. The lowest BCUT2D eigenvalue weighted by Gasteiger charge is -2.25. The number of ketones is 1. The maximum absolute atomic E-state index is 12.8. The Morgan fingerprint density at radius 2 is 1.81 bits per heavy atom. The van der Waals surface area contributed by atoms with E-state index < -0.39 is 0 Å². The molecule has 0 bridgehead atoms. The standard InChI is InChI=1S/C27H24N8O2/c1-34-14-21(13-32-34)19-10-24-25(31-16-33-35(24)15-19)23-9-18(7-8-28-23)27-29-11-20(12-30-27)26(36)17-3-5-22(37-2)6-4-17/h3-8,10-16,18,23,28H,9H2,1-2H3. The molecule has 5 aromatic rings. The molecule has 10 nitrogen and oxygen atoms in total. The van der Waals surface area contributed by atoms with Crippen molar-refractivity contribution in [2.24, 2.45) is 7.05 Å². The Bertz CT molecular complexity index is 1600. The third-order valence-electron chi connectivity index (χ3n) is 6.54. The molecule has 1 N–H and O–H groups in total. The SMILES string of the molecule is COc1ccc(C(=O)c2cnc(C3C=CNC(c4ncnn5cc(-c6cnn(C)c6)cc45)C3)nc2)cc1. The lowest BCUT2D eigenvalue weighted by atomic mass is 9.93. The number of aromatic nitrogens is 7. The van der Waals surface area contributed by atoms with Crippen LogP contribution in [0.1, 0.15) is 45.8 Å². The van der Waals surface area contributed by atoms with Crippen LogP contribution in [-0.4, -0.2) is 47.2 Å². The van der Waals surface area contributed by atoms with Crippen LogP contribution >= 0.6 is 0 Å². The summed E-state index contributed by atoms with van der Waals surface area (Å²) >= 11 is 0. The molecule has 37 heavy (non-hydrogen) atoms. The predicted octanol–water partition coefficient (Wildman–Crippen LogP) is 3.49. The maximum atomic E-state index is 12.8. The van der Waals surface area contributed by atoms with Crippen molar-refractivity contribution in [1.29, 1.82) is 0 Å². The van der Waals surface area contributed by atoms with Crippen LogP contribution in [0.2, 0.25) is 0 Å². The van der Waals surface area contributed by atoms with Gasteiger partial charge in [0.1, 0.15) is 17.9 Å². The van der Waals surface area contributed by atoms with Gasteiger partial charge in [0.2, 0.25) is 0 Å². The van der Waals surface area contributed by atoms with Crippen LogP contribution in [0.15, 0.2) is 79.9 Å². The molecule has 1 aliphatic rings. The van der Waals surface area contributed by atoms with Crippen LogP contribution in [0, 0.1) is 0 Å². The number of hydrogen-bond donors (Lipinski definition) is 1. The summed E-state index contributed by atoms with van der Waals surface area (Å²) in [6.45, 7) is 0.